The summed E-state index contributed by atoms with van der Waals surface area (Å²) in [6, 6.07) is 7.20. The first kappa shape index (κ1) is 13.2. The molecule has 0 radical (unpaired) electrons. The van der Waals surface area contributed by atoms with Crippen LogP contribution in [-0.2, 0) is 6.42 Å². The van der Waals surface area contributed by atoms with Crippen molar-refractivity contribution in [2.24, 2.45) is 0 Å². The van der Waals surface area contributed by atoms with Crippen LogP contribution in [0.25, 0.3) is 0 Å². The number of nitrogens with one attached hydrogen (secondary N) is 1. The summed E-state index contributed by atoms with van der Waals surface area (Å²) in [5.41, 5.74) is 6.57. The molecule has 1 aliphatic heterocycles. The SMILES string of the molecule is CCc1nn2c(c1C)NCCC2c1cc(C)cc(C)c1. The van der Waals surface area contributed by atoms with Crippen molar-refractivity contribution in [3.05, 3.63) is 46.1 Å². The average Bonchev–Trinajstić information content (AvgIpc) is 2.74. The quantitative estimate of drug-likeness (QED) is 0.899. The Balaban J connectivity index is 2.09. The Kier molecular flexibility index (Phi) is 3.28. The normalized spacial score (nSPS) is 17.7. The number of hydrogen-bond acceptors (Lipinski definition) is 2. The minimum Gasteiger partial charge on any atom is -0.370 e. The van der Waals surface area contributed by atoms with Gasteiger partial charge < -0.3 is 5.32 Å². The molecule has 1 aromatic heterocycles. The van der Waals surface area contributed by atoms with E-state index in [2.05, 4.69) is 55.9 Å². The van der Waals surface area contributed by atoms with Gasteiger partial charge in [-0.15, -0.1) is 0 Å². The van der Waals surface area contributed by atoms with Gasteiger partial charge in [0.15, 0.2) is 0 Å². The highest BCUT2D eigenvalue weighted by atomic mass is 15.4. The van der Waals surface area contributed by atoms with E-state index < -0.39 is 0 Å². The van der Waals surface area contributed by atoms with Crippen molar-refractivity contribution in [3.63, 3.8) is 0 Å². The summed E-state index contributed by atoms with van der Waals surface area (Å²) in [4.78, 5) is 0. The monoisotopic (exact) mass is 269 g/mol. The molecule has 3 nitrogen and oxygen atoms in total. The van der Waals surface area contributed by atoms with Gasteiger partial charge in [0.1, 0.15) is 5.82 Å². The van der Waals surface area contributed by atoms with Crippen LogP contribution < -0.4 is 5.32 Å². The van der Waals surface area contributed by atoms with Crippen LogP contribution in [-0.4, -0.2) is 16.3 Å². The lowest BCUT2D eigenvalue weighted by molar-refractivity contribution is 0.478. The number of hydrogen-bond donors (Lipinski definition) is 1. The number of rotatable bonds is 2. The molecule has 3 heteroatoms. The number of aryl methyl sites for hydroxylation is 3. The molecule has 0 fully saturated rings. The molecule has 1 N–H and O–H groups in total. The molecule has 20 heavy (non-hydrogen) atoms. The van der Waals surface area contributed by atoms with Gasteiger partial charge in [-0.25, -0.2) is 4.68 Å². The molecule has 1 atom stereocenters. The summed E-state index contributed by atoms with van der Waals surface area (Å²) >= 11 is 0. The van der Waals surface area contributed by atoms with Gasteiger partial charge in [-0.05, 0) is 39.2 Å². The van der Waals surface area contributed by atoms with Crippen LogP contribution in [0.2, 0.25) is 0 Å². The summed E-state index contributed by atoms with van der Waals surface area (Å²) in [6.07, 6.45) is 2.09. The molecule has 2 aromatic rings. The third-order valence-corrected chi connectivity index (χ3v) is 4.21. The third kappa shape index (κ3) is 2.11. The fraction of sp³-hybridized carbons (Fsp3) is 0.471. The number of nitrogens with zero attached hydrogens (tertiary/aromatic N) is 2. The largest absolute Gasteiger partial charge is 0.370 e. The van der Waals surface area contributed by atoms with Crippen molar-refractivity contribution >= 4 is 5.82 Å². The van der Waals surface area contributed by atoms with Crippen LogP contribution in [0.5, 0.6) is 0 Å². The Morgan fingerprint density at radius 1 is 1.20 bits per heavy atom. The van der Waals surface area contributed by atoms with Crippen LogP contribution >= 0.6 is 0 Å². The Labute approximate surface area is 121 Å². The third-order valence-electron chi connectivity index (χ3n) is 4.21. The van der Waals surface area contributed by atoms with E-state index in [1.54, 1.807) is 0 Å². The minimum atomic E-state index is 0.365. The lowest BCUT2D eigenvalue weighted by Gasteiger charge is -2.27. The van der Waals surface area contributed by atoms with Gasteiger partial charge in [-0.3, -0.25) is 0 Å². The number of anilines is 1. The second-order valence-electron chi connectivity index (χ2n) is 5.87. The van der Waals surface area contributed by atoms with Crippen molar-refractivity contribution in [1.29, 1.82) is 0 Å². The second kappa shape index (κ2) is 4.97. The van der Waals surface area contributed by atoms with Crippen molar-refractivity contribution in [3.8, 4) is 0 Å². The summed E-state index contributed by atoms with van der Waals surface area (Å²) in [5.74, 6) is 1.21. The Morgan fingerprint density at radius 2 is 1.90 bits per heavy atom. The molecule has 1 unspecified atom stereocenters. The average molecular weight is 269 g/mol. The van der Waals surface area contributed by atoms with Crippen molar-refractivity contribution in [1.82, 2.24) is 9.78 Å². The summed E-state index contributed by atoms with van der Waals surface area (Å²) < 4.78 is 2.20. The lowest BCUT2D eigenvalue weighted by Crippen LogP contribution is -2.24. The van der Waals surface area contributed by atoms with Gasteiger partial charge in [0.25, 0.3) is 0 Å². The smallest absolute Gasteiger partial charge is 0.128 e. The van der Waals surface area contributed by atoms with E-state index in [9.17, 15) is 0 Å². The molecular formula is C17H23N3. The molecule has 0 saturated heterocycles. The Bertz CT molecular complexity index is 620. The van der Waals surface area contributed by atoms with Gasteiger partial charge in [0.05, 0.1) is 11.7 Å². The van der Waals surface area contributed by atoms with Crippen molar-refractivity contribution in [2.45, 2.75) is 46.6 Å². The van der Waals surface area contributed by atoms with Gasteiger partial charge >= 0.3 is 0 Å². The zero-order valence-corrected chi connectivity index (χ0v) is 12.8. The lowest BCUT2D eigenvalue weighted by atomic mass is 9.98. The van der Waals surface area contributed by atoms with E-state index >= 15 is 0 Å². The molecule has 1 aromatic carbocycles. The number of aromatic nitrogens is 2. The van der Waals surface area contributed by atoms with E-state index in [-0.39, 0.29) is 0 Å². The maximum Gasteiger partial charge on any atom is 0.128 e. The summed E-state index contributed by atoms with van der Waals surface area (Å²) in [5, 5.41) is 8.36. The van der Waals surface area contributed by atoms with Gasteiger partial charge in [0, 0.05) is 12.1 Å². The van der Waals surface area contributed by atoms with Crippen LogP contribution in [0.3, 0.4) is 0 Å². The van der Waals surface area contributed by atoms with Gasteiger partial charge in [0.2, 0.25) is 0 Å². The molecule has 106 valence electrons. The minimum absolute atomic E-state index is 0.365. The molecule has 0 saturated carbocycles. The van der Waals surface area contributed by atoms with E-state index in [4.69, 9.17) is 5.10 Å². The predicted octanol–water partition coefficient (Wildman–Crippen LogP) is 3.78. The van der Waals surface area contributed by atoms with Gasteiger partial charge in [-0.1, -0.05) is 36.2 Å². The molecule has 2 heterocycles. The fourth-order valence-corrected chi connectivity index (χ4v) is 3.30. The molecule has 0 bridgehead atoms. The van der Waals surface area contributed by atoms with E-state index in [1.165, 1.54) is 33.8 Å². The van der Waals surface area contributed by atoms with E-state index in [1.807, 2.05) is 0 Å². The topological polar surface area (TPSA) is 29.9 Å². The highest BCUT2D eigenvalue weighted by Gasteiger charge is 2.25. The highest BCUT2D eigenvalue weighted by molar-refractivity contribution is 5.50. The van der Waals surface area contributed by atoms with Crippen LogP contribution in [0.15, 0.2) is 18.2 Å². The van der Waals surface area contributed by atoms with Gasteiger partial charge in [-0.2, -0.15) is 5.10 Å². The Morgan fingerprint density at radius 3 is 2.55 bits per heavy atom. The molecule has 0 spiro atoms. The summed E-state index contributed by atoms with van der Waals surface area (Å²) in [6.45, 7) is 9.71. The predicted molar refractivity (Wildman–Crippen MR) is 83.5 cm³/mol. The van der Waals surface area contributed by atoms with E-state index in [0.29, 0.717) is 6.04 Å². The Hall–Kier alpha value is -1.77. The van der Waals surface area contributed by atoms with Crippen LogP contribution in [0.4, 0.5) is 5.82 Å². The number of fused-ring (bicyclic) bond motifs is 1. The maximum absolute atomic E-state index is 4.84. The maximum atomic E-state index is 4.84. The molecule has 0 amide bonds. The highest BCUT2D eigenvalue weighted by Crippen LogP contribution is 2.33. The first-order chi connectivity index (χ1) is 9.60. The van der Waals surface area contributed by atoms with Crippen molar-refractivity contribution in [2.75, 3.05) is 11.9 Å². The van der Waals surface area contributed by atoms with E-state index in [0.717, 1.165) is 19.4 Å². The van der Waals surface area contributed by atoms with Crippen molar-refractivity contribution < 1.29 is 0 Å². The molecule has 3 rings (SSSR count). The van der Waals surface area contributed by atoms with Crippen LogP contribution in [0.1, 0.15) is 47.3 Å². The summed E-state index contributed by atoms with van der Waals surface area (Å²) in [7, 11) is 0. The number of benzene rings is 1. The fourth-order valence-electron chi connectivity index (χ4n) is 3.30. The standard InChI is InChI=1S/C17H23N3/c1-5-15-13(4)17-18-7-6-16(20(17)19-15)14-9-11(2)8-12(3)10-14/h8-10,16,18H,5-7H2,1-4H3. The molecule has 1 aliphatic rings. The zero-order chi connectivity index (χ0) is 14.3. The first-order valence-electron chi connectivity index (χ1n) is 7.50. The second-order valence-corrected chi connectivity index (χ2v) is 5.87. The molecule has 0 aliphatic carbocycles. The first-order valence-corrected chi connectivity index (χ1v) is 7.50. The zero-order valence-electron chi connectivity index (χ0n) is 12.8. The molecular weight excluding hydrogens is 246 g/mol. The van der Waals surface area contributed by atoms with Crippen LogP contribution in [0, 0.1) is 20.8 Å².